The second-order valence-corrected chi connectivity index (χ2v) is 7.67. The van der Waals surface area contributed by atoms with Crippen molar-refractivity contribution in [3.8, 4) is 5.69 Å². The van der Waals surface area contributed by atoms with Crippen LogP contribution >= 0.6 is 0 Å². The quantitative estimate of drug-likeness (QED) is 0.593. The van der Waals surface area contributed by atoms with Crippen LogP contribution in [0.25, 0.3) is 16.5 Å². The van der Waals surface area contributed by atoms with E-state index < -0.39 is 5.97 Å². The standard InChI is InChI=1S/C24H25N3O4/c1-2-17-10-8-9-15-26(17)21(28)16-31-24(30)22-19-13-6-7-14-20(19)23(29)27(25-22)18-11-4-3-5-12-18/h3-7,11-14,17H,2,8-10,15-16H2,1H3/t17-/m1/s1. The second kappa shape index (κ2) is 9.12. The molecule has 0 unspecified atom stereocenters. The molecule has 2 aromatic carbocycles. The molecule has 0 N–H and O–H groups in total. The number of likely N-dealkylation sites (tertiary alicyclic amines) is 1. The molecule has 7 heteroatoms. The van der Waals surface area contributed by atoms with Gasteiger partial charge in [-0.05, 0) is 43.9 Å². The summed E-state index contributed by atoms with van der Waals surface area (Å²) >= 11 is 0. The van der Waals surface area contributed by atoms with Gasteiger partial charge in [-0.25, -0.2) is 4.79 Å². The zero-order chi connectivity index (χ0) is 21.8. The highest BCUT2D eigenvalue weighted by Gasteiger charge is 2.27. The highest BCUT2D eigenvalue weighted by atomic mass is 16.5. The molecule has 1 aromatic heterocycles. The Labute approximate surface area is 180 Å². The van der Waals surface area contributed by atoms with E-state index in [2.05, 4.69) is 12.0 Å². The van der Waals surface area contributed by atoms with E-state index in [1.165, 1.54) is 4.68 Å². The predicted molar refractivity (Wildman–Crippen MR) is 117 cm³/mol. The molecule has 7 nitrogen and oxygen atoms in total. The van der Waals surface area contributed by atoms with Gasteiger partial charge in [0.1, 0.15) is 0 Å². The molecule has 1 fully saturated rings. The highest BCUT2D eigenvalue weighted by Crippen LogP contribution is 2.20. The van der Waals surface area contributed by atoms with Crippen molar-refractivity contribution in [1.82, 2.24) is 14.7 Å². The summed E-state index contributed by atoms with van der Waals surface area (Å²) in [5, 5.41) is 5.06. The number of carbonyl (C=O) groups excluding carboxylic acids is 2. The van der Waals surface area contributed by atoms with Crippen LogP contribution in [0.4, 0.5) is 0 Å². The van der Waals surface area contributed by atoms with Gasteiger partial charge >= 0.3 is 5.97 Å². The number of hydrogen-bond acceptors (Lipinski definition) is 5. The van der Waals surface area contributed by atoms with E-state index in [0.29, 0.717) is 23.0 Å². The molecular weight excluding hydrogens is 394 g/mol. The molecule has 0 saturated carbocycles. The highest BCUT2D eigenvalue weighted by molar-refractivity contribution is 6.02. The Hall–Kier alpha value is -3.48. The number of fused-ring (bicyclic) bond motifs is 1. The lowest BCUT2D eigenvalue weighted by molar-refractivity contribution is -0.138. The summed E-state index contributed by atoms with van der Waals surface area (Å²) in [6.45, 7) is 2.41. The molecule has 4 rings (SSSR count). The van der Waals surface area contributed by atoms with Crippen molar-refractivity contribution in [1.29, 1.82) is 0 Å². The Morgan fingerprint density at radius 3 is 2.48 bits per heavy atom. The summed E-state index contributed by atoms with van der Waals surface area (Å²) < 4.78 is 6.56. The van der Waals surface area contributed by atoms with Gasteiger partial charge in [0.2, 0.25) is 0 Å². The van der Waals surface area contributed by atoms with Crippen LogP contribution in [0.5, 0.6) is 0 Å². The molecule has 0 bridgehead atoms. The third-order valence-electron chi connectivity index (χ3n) is 5.74. The Morgan fingerprint density at radius 2 is 1.74 bits per heavy atom. The molecule has 2 heterocycles. The zero-order valence-electron chi connectivity index (χ0n) is 17.5. The number of esters is 1. The summed E-state index contributed by atoms with van der Waals surface area (Å²) in [5.41, 5.74) is 0.230. The fraction of sp³-hybridized carbons (Fsp3) is 0.333. The molecule has 0 spiro atoms. The average Bonchev–Trinajstić information content (AvgIpc) is 2.83. The van der Waals surface area contributed by atoms with Gasteiger partial charge in [0.25, 0.3) is 11.5 Å². The van der Waals surface area contributed by atoms with Crippen molar-refractivity contribution in [3.05, 3.63) is 70.6 Å². The third-order valence-corrected chi connectivity index (χ3v) is 5.74. The number of hydrogen-bond donors (Lipinski definition) is 0. The van der Waals surface area contributed by atoms with E-state index in [4.69, 9.17) is 4.74 Å². The van der Waals surface area contributed by atoms with E-state index in [-0.39, 0.29) is 29.8 Å². The van der Waals surface area contributed by atoms with Crippen molar-refractivity contribution in [2.75, 3.05) is 13.2 Å². The monoisotopic (exact) mass is 419 g/mol. The summed E-state index contributed by atoms with van der Waals surface area (Å²) in [5.74, 6) is -0.917. The minimum absolute atomic E-state index is 0.0116. The van der Waals surface area contributed by atoms with Gasteiger partial charge in [0, 0.05) is 18.0 Å². The molecule has 0 aliphatic carbocycles. The molecule has 1 aliphatic heterocycles. The maximum Gasteiger partial charge on any atom is 0.359 e. The van der Waals surface area contributed by atoms with Crippen LogP contribution in [-0.2, 0) is 9.53 Å². The van der Waals surface area contributed by atoms with Crippen LogP contribution in [0, 0.1) is 0 Å². The lowest BCUT2D eigenvalue weighted by Gasteiger charge is -2.35. The molecule has 1 aliphatic rings. The summed E-state index contributed by atoms with van der Waals surface area (Å²) in [6, 6.07) is 15.9. The van der Waals surface area contributed by atoms with Crippen molar-refractivity contribution < 1.29 is 14.3 Å². The molecule has 1 saturated heterocycles. The van der Waals surface area contributed by atoms with Gasteiger partial charge < -0.3 is 9.64 Å². The molecule has 0 radical (unpaired) electrons. The number of amides is 1. The van der Waals surface area contributed by atoms with E-state index in [9.17, 15) is 14.4 Å². The van der Waals surface area contributed by atoms with Gasteiger partial charge in [0.05, 0.1) is 11.1 Å². The first-order valence-electron chi connectivity index (χ1n) is 10.6. The third kappa shape index (κ3) is 4.21. The fourth-order valence-corrected chi connectivity index (χ4v) is 4.12. The maximum absolute atomic E-state index is 12.9. The average molecular weight is 419 g/mol. The van der Waals surface area contributed by atoms with Crippen LogP contribution in [0.15, 0.2) is 59.4 Å². The van der Waals surface area contributed by atoms with Gasteiger partial charge in [-0.15, -0.1) is 0 Å². The Balaban J connectivity index is 1.63. The van der Waals surface area contributed by atoms with Gasteiger partial charge in [0.15, 0.2) is 12.3 Å². The number of aromatic nitrogens is 2. The summed E-state index contributed by atoms with van der Waals surface area (Å²) in [4.78, 5) is 40.3. The van der Waals surface area contributed by atoms with E-state index in [1.807, 2.05) is 11.0 Å². The molecular formula is C24H25N3O4. The van der Waals surface area contributed by atoms with Crippen molar-refractivity contribution >= 4 is 22.6 Å². The smallest absolute Gasteiger partial charge is 0.359 e. The first kappa shape index (κ1) is 20.8. The van der Waals surface area contributed by atoms with E-state index in [1.54, 1.807) is 48.5 Å². The van der Waals surface area contributed by atoms with E-state index in [0.717, 1.165) is 25.7 Å². The van der Waals surface area contributed by atoms with Crippen LogP contribution in [0.1, 0.15) is 43.1 Å². The number of ether oxygens (including phenoxy) is 1. The zero-order valence-corrected chi connectivity index (χ0v) is 17.5. The molecule has 1 amide bonds. The maximum atomic E-state index is 12.9. The van der Waals surface area contributed by atoms with Crippen molar-refractivity contribution in [3.63, 3.8) is 0 Å². The Morgan fingerprint density at radius 1 is 1.03 bits per heavy atom. The number of benzene rings is 2. The van der Waals surface area contributed by atoms with Crippen molar-refractivity contribution in [2.24, 2.45) is 0 Å². The van der Waals surface area contributed by atoms with Crippen LogP contribution in [0.3, 0.4) is 0 Å². The van der Waals surface area contributed by atoms with Crippen LogP contribution in [-0.4, -0.2) is 45.8 Å². The first-order valence-corrected chi connectivity index (χ1v) is 10.6. The minimum atomic E-state index is -0.723. The molecule has 3 aromatic rings. The normalized spacial score (nSPS) is 16.3. The van der Waals surface area contributed by atoms with E-state index >= 15 is 0 Å². The predicted octanol–water partition coefficient (Wildman–Crippen LogP) is 3.33. The summed E-state index contributed by atoms with van der Waals surface area (Å²) in [6.07, 6.45) is 3.93. The minimum Gasteiger partial charge on any atom is -0.451 e. The first-order chi connectivity index (χ1) is 15.1. The Kier molecular flexibility index (Phi) is 6.11. The molecule has 1 atom stereocenters. The van der Waals surface area contributed by atoms with Gasteiger partial charge in [-0.2, -0.15) is 9.78 Å². The largest absolute Gasteiger partial charge is 0.451 e. The fourth-order valence-electron chi connectivity index (χ4n) is 4.12. The number of rotatable bonds is 5. The second-order valence-electron chi connectivity index (χ2n) is 7.67. The van der Waals surface area contributed by atoms with Crippen LogP contribution < -0.4 is 5.56 Å². The number of carbonyl (C=O) groups is 2. The van der Waals surface area contributed by atoms with Gasteiger partial charge in [-0.1, -0.05) is 43.3 Å². The van der Waals surface area contributed by atoms with Crippen molar-refractivity contribution in [2.45, 2.75) is 38.6 Å². The molecule has 160 valence electrons. The van der Waals surface area contributed by atoms with Crippen LogP contribution in [0.2, 0.25) is 0 Å². The SMILES string of the molecule is CC[C@@H]1CCCCN1C(=O)COC(=O)c1nn(-c2ccccc2)c(=O)c2ccccc12. The summed E-state index contributed by atoms with van der Waals surface area (Å²) in [7, 11) is 0. The number of para-hydroxylation sites is 1. The molecule has 31 heavy (non-hydrogen) atoms. The van der Waals surface area contributed by atoms with Gasteiger partial charge in [-0.3, -0.25) is 9.59 Å². The lowest BCUT2D eigenvalue weighted by atomic mass is 10.00. The lowest BCUT2D eigenvalue weighted by Crippen LogP contribution is -2.45. The number of piperidine rings is 1. The topological polar surface area (TPSA) is 81.5 Å². The Bertz CT molecular complexity index is 1160. The number of nitrogens with zero attached hydrogens (tertiary/aromatic N) is 3.